The molecular formula is C31H32N4O3. The molecule has 0 bridgehead atoms. The average Bonchev–Trinajstić information content (AvgIpc) is 3.42. The first-order valence-electron chi connectivity index (χ1n) is 12.9. The van der Waals surface area contributed by atoms with Gasteiger partial charge in [0.05, 0.1) is 17.8 Å². The summed E-state index contributed by atoms with van der Waals surface area (Å²) in [6, 6.07) is 20.1. The molecule has 0 radical (unpaired) electrons. The van der Waals surface area contributed by atoms with Gasteiger partial charge in [-0.05, 0) is 80.7 Å². The van der Waals surface area contributed by atoms with Gasteiger partial charge in [-0.1, -0.05) is 36.4 Å². The highest BCUT2D eigenvalue weighted by molar-refractivity contribution is 6.08. The van der Waals surface area contributed by atoms with Crippen molar-refractivity contribution in [3.05, 3.63) is 101 Å². The van der Waals surface area contributed by atoms with E-state index >= 15 is 0 Å². The van der Waals surface area contributed by atoms with Crippen LogP contribution in [0, 0.1) is 13.8 Å². The molecule has 2 heterocycles. The van der Waals surface area contributed by atoms with E-state index in [0.717, 1.165) is 42.0 Å². The van der Waals surface area contributed by atoms with Gasteiger partial charge in [0.2, 0.25) is 0 Å². The molecule has 0 saturated carbocycles. The van der Waals surface area contributed by atoms with Crippen LogP contribution in [0.15, 0.2) is 72.9 Å². The molecule has 1 aromatic heterocycles. The second-order valence-corrected chi connectivity index (χ2v) is 9.89. The molecule has 0 unspecified atom stereocenters. The van der Waals surface area contributed by atoms with Crippen molar-refractivity contribution < 1.29 is 15.0 Å². The number of aromatic hydroxyl groups is 2. The lowest BCUT2D eigenvalue weighted by Crippen LogP contribution is -2.30. The van der Waals surface area contributed by atoms with Crippen LogP contribution in [0.3, 0.4) is 0 Å². The van der Waals surface area contributed by atoms with E-state index in [9.17, 15) is 15.0 Å². The maximum atomic E-state index is 13.8. The van der Waals surface area contributed by atoms with Crippen molar-refractivity contribution in [3.63, 3.8) is 0 Å². The van der Waals surface area contributed by atoms with Gasteiger partial charge in [-0.15, -0.1) is 0 Å². The number of benzene rings is 3. The third kappa shape index (κ3) is 5.68. The summed E-state index contributed by atoms with van der Waals surface area (Å²) < 4.78 is 0. The second kappa shape index (κ2) is 11.0. The number of anilines is 1. The smallest absolute Gasteiger partial charge is 0.262 e. The van der Waals surface area contributed by atoms with Crippen LogP contribution in [-0.2, 0) is 13.1 Å². The van der Waals surface area contributed by atoms with E-state index in [0.29, 0.717) is 18.1 Å². The third-order valence-corrected chi connectivity index (χ3v) is 6.94. The van der Waals surface area contributed by atoms with Crippen LogP contribution in [0.1, 0.15) is 45.7 Å². The maximum Gasteiger partial charge on any atom is 0.262 e. The zero-order valence-electron chi connectivity index (χ0n) is 21.8. The number of nitrogens with zero attached hydrogens (tertiary/aromatic N) is 4. The number of aromatic nitrogens is 2. The van der Waals surface area contributed by atoms with E-state index in [-0.39, 0.29) is 23.0 Å². The van der Waals surface area contributed by atoms with E-state index < -0.39 is 0 Å². The molecule has 1 fully saturated rings. The van der Waals surface area contributed by atoms with E-state index in [4.69, 9.17) is 0 Å². The number of likely N-dealkylation sites (tertiary alicyclic amines) is 1. The Balaban J connectivity index is 1.48. The SMILES string of the molecule is Cc1ncc(C)c(-c2ccc(N(Cc3cccc(CN4CCCC4)c3)C(=O)c3ccc(O)cc3O)cc2)n1. The van der Waals surface area contributed by atoms with Gasteiger partial charge in [0.1, 0.15) is 17.3 Å². The Morgan fingerprint density at radius 1 is 0.947 bits per heavy atom. The molecule has 194 valence electrons. The van der Waals surface area contributed by atoms with Crippen molar-refractivity contribution in [1.29, 1.82) is 0 Å². The number of rotatable bonds is 7. The molecule has 0 spiro atoms. The van der Waals surface area contributed by atoms with Gasteiger partial charge in [-0.2, -0.15) is 0 Å². The lowest BCUT2D eigenvalue weighted by atomic mass is 10.1. The molecular weight excluding hydrogens is 476 g/mol. The summed E-state index contributed by atoms with van der Waals surface area (Å²) in [6.45, 7) is 7.30. The molecule has 38 heavy (non-hydrogen) atoms. The largest absolute Gasteiger partial charge is 0.508 e. The first kappa shape index (κ1) is 25.4. The maximum absolute atomic E-state index is 13.8. The predicted molar refractivity (Wildman–Crippen MR) is 148 cm³/mol. The standard InChI is InChI=1S/C31H32N4O3/c1-21-18-32-22(2)33-30(21)25-8-10-26(11-9-25)35(31(38)28-13-12-27(36)17-29(28)37)20-24-7-5-6-23(16-24)19-34-14-3-4-15-34/h5-13,16-18,36-37H,3-4,14-15,19-20H2,1-2H3. The number of hydrogen-bond donors (Lipinski definition) is 2. The minimum Gasteiger partial charge on any atom is -0.508 e. The van der Waals surface area contributed by atoms with E-state index in [2.05, 4.69) is 27.0 Å². The highest BCUT2D eigenvalue weighted by Crippen LogP contribution is 2.30. The molecule has 1 aliphatic heterocycles. The van der Waals surface area contributed by atoms with E-state index in [1.165, 1.54) is 36.6 Å². The fraction of sp³-hybridized carbons (Fsp3) is 0.258. The van der Waals surface area contributed by atoms with Gasteiger partial charge in [0, 0.05) is 30.1 Å². The molecule has 1 amide bonds. The zero-order chi connectivity index (χ0) is 26.6. The van der Waals surface area contributed by atoms with Crippen LogP contribution < -0.4 is 4.90 Å². The number of carbonyl (C=O) groups excluding carboxylic acids is 1. The zero-order valence-corrected chi connectivity index (χ0v) is 21.8. The second-order valence-electron chi connectivity index (χ2n) is 9.89. The lowest BCUT2D eigenvalue weighted by Gasteiger charge is -2.24. The van der Waals surface area contributed by atoms with Crippen LogP contribution in [0.4, 0.5) is 5.69 Å². The van der Waals surface area contributed by atoms with Crippen molar-refractivity contribution in [2.24, 2.45) is 0 Å². The number of hydrogen-bond acceptors (Lipinski definition) is 6. The fourth-order valence-electron chi connectivity index (χ4n) is 4.96. The number of phenolic OH excluding ortho intramolecular Hbond substituents is 2. The van der Waals surface area contributed by atoms with Gasteiger partial charge in [-0.25, -0.2) is 9.97 Å². The highest BCUT2D eigenvalue weighted by atomic mass is 16.3. The Bertz CT molecular complexity index is 1450. The molecule has 7 nitrogen and oxygen atoms in total. The summed E-state index contributed by atoms with van der Waals surface area (Å²) in [5, 5.41) is 20.2. The normalized spacial score (nSPS) is 13.5. The first-order valence-corrected chi connectivity index (χ1v) is 12.9. The molecule has 4 aromatic rings. The molecule has 2 N–H and O–H groups in total. The monoisotopic (exact) mass is 508 g/mol. The summed E-state index contributed by atoms with van der Waals surface area (Å²) in [4.78, 5) is 26.7. The number of phenols is 2. The molecule has 1 aliphatic rings. The van der Waals surface area contributed by atoms with Crippen LogP contribution >= 0.6 is 0 Å². The quantitative estimate of drug-likeness (QED) is 0.337. The van der Waals surface area contributed by atoms with Crippen molar-refractivity contribution in [2.45, 2.75) is 39.8 Å². The van der Waals surface area contributed by atoms with Crippen molar-refractivity contribution in [2.75, 3.05) is 18.0 Å². The van der Waals surface area contributed by atoms with Crippen LogP contribution in [0.25, 0.3) is 11.3 Å². The average molecular weight is 509 g/mol. The van der Waals surface area contributed by atoms with Crippen molar-refractivity contribution in [3.8, 4) is 22.8 Å². The molecule has 0 aliphatic carbocycles. The summed E-state index contributed by atoms with van der Waals surface area (Å²) >= 11 is 0. The van der Waals surface area contributed by atoms with Gasteiger partial charge in [0.15, 0.2) is 0 Å². The summed E-state index contributed by atoms with van der Waals surface area (Å²) in [5.74, 6) is -0.0103. The number of amides is 1. The topological polar surface area (TPSA) is 89.8 Å². The Morgan fingerprint density at radius 3 is 2.42 bits per heavy atom. The summed E-state index contributed by atoms with van der Waals surface area (Å²) in [5.41, 5.74) is 5.80. The van der Waals surface area contributed by atoms with Crippen LogP contribution in [0.5, 0.6) is 11.5 Å². The first-order chi connectivity index (χ1) is 18.4. The lowest BCUT2D eigenvalue weighted by molar-refractivity contribution is 0.0982. The van der Waals surface area contributed by atoms with Crippen LogP contribution in [0.2, 0.25) is 0 Å². The molecule has 5 rings (SSSR count). The Morgan fingerprint density at radius 2 is 1.68 bits per heavy atom. The van der Waals surface area contributed by atoms with E-state index in [1.54, 1.807) is 4.90 Å². The van der Waals surface area contributed by atoms with Gasteiger partial charge in [0.25, 0.3) is 5.91 Å². The molecule has 1 saturated heterocycles. The Labute approximate surface area is 223 Å². The van der Waals surface area contributed by atoms with Gasteiger partial charge < -0.3 is 15.1 Å². The summed E-state index contributed by atoms with van der Waals surface area (Å²) in [7, 11) is 0. The molecule has 3 aromatic carbocycles. The minimum atomic E-state index is -0.353. The van der Waals surface area contributed by atoms with E-state index in [1.807, 2.05) is 56.4 Å². The Kier molecular flexibility index (Phi) is 7.38. The summed E-state index contributed by atoms with van der Waals surface area (Å²) in [6.07, 6.45) is 4.29. The molecule has 7 heteroatoms. The third-order valence-electron chi connectivity index (χ3n) is 6.94. The van der Waals surface area contributed by atoms with Crippen molar-refractivity contribution >= 4 is 11.6 Å². The van der Waals surface area contributed by atoms with Crippen molar-refractivity contribution in [1.82, 2.24) is 14.9 Å². The number of carbonyl (C=O) groups is 1. The number of aryl methyl sites for hydroxylation is 2. The minimum absolute atomic E-state index is 0.0971. The molecule has 0 atom stereocenters. The highest BCUT2D eigenvalue weighted by Gasteiger charge is 2.22. The van der Waals surface area contributed by atoms with Gasteiger partial charge in [-0.3, -0.25) is 9.69 Å². The van der Waals surface area contributed by atoms with Gasteiger partial charge >= 0.3 is 0 Å². The predicted octanol–water partition coefficient (Wildman–Crippen LogP) is 5.61. The fourth-order valence-corrected chi connectivity index (χ4v) is 4.96. The van der Waals surface area contributed by atoms with Crippen LogP contribution in [-0.4, -0.2) is 44.1 Å². The Hall–Kier alpha value is -4.23.